The number of methoxy groups -OCH3 is 1. The summed E-state index contributed by atoms with van der Waals surface area (Å²) in [6.45, 7) is 4.27. The number of para-hydroxylation sites is 1. The van der Waals surface area contributed by atoms with Gasteiger partial charge in [0, 0.05) is 18.9 Å². The first-order valence-electron chi connectivity index (χ1n) is 10.8. The number of rotatable bonds is 7. The molecule has 0 bridgehead atoms. The number of pyridine rings is 1. The van der Waals surface area contributed by atoms with Crippen molar-refractivity contribution in [3.8, 4) is 11.5 Å². The second kappa shape index (κ2) is 8.86. The van der Waals surface area contributed by atoms with E-state index in [9.17, 15) is 9.59 Å². The third kappa shape index (κ3) is 3.61. The number of fused-ring (bicyclic) bond motifs is 2. The van der Waals surface area contributed by atoms with Gasteiger partial charge in [-0.2, -0.15) is 0 Å². The number of carbonyl (C=O) groups excluding carboxylic acids is 1. The van der Waals surface area contributed by atoms with Crippen LogP contribution in [-0.2, 0) is 6.54 Å². The minimum absolute atomic E-state index is 0.0636. The van der Waals surface area contributed by atoms with Gasteiger partial charge in [-0.25, -0.2) is 0 Å². The largest absolute Gasteiger partial charge is 0.493 e. The number of amides is 1. The molecule has 2 aromatic carbocycles. The fraction of sp³-hybridized carbons (Fsp3) is 0.148. The molecule has 0 fully saturated rings. The molecule has 7 nitrogen and oxygen atoms in total. The highest BCUT2D eigenvalue weighted by Crippen LogP contribution is 2.41. The Bertz CT molecular complexity index is 1440. The van der Waals surface area contributed by atoms with Gasteiger partial charge in [0.25, 0.3) is 5.91 Å². The third-order valence-corrected chi connectivity index (χ3v) is 5.84. The topological polar surface area (TPSA) is 81.9 Å². The summed E-state index contributed by atoms with van der Waals surface area (Å²) in [5.41, 5.74) is 2.08. The Labute approximate surface area is 195 Å². The fourth-order valence-electron chi connectivity index (χ4n) is 4.28. The molecule has 170 valence electrons. The van der Waals surface area contributed by atoms with Crippen molar-refractivity contribution in [1.29, 1.82) is 0 Å². The molecule has 0 saturated carbocycles. The number of aromatic nitrogens is 1. The van der Waals surface area contributed by atoms with Crippen molar-refractivity contribution in [2.75, 3.05) is 13.7 Å². The van der Waals surface area contributed by atoms with Gasteiger partial charge < -0.3 is 18.8 Å². The van der Waals surface area contributed by atoms with Crippen molar-refractivity contribution < 1.29 is 18.7 Å². The maximum Gasteiger partial charge on any atom is 0.291 e. The molecule has 5 rings (SSSR count). The molecule has 1 atom stereocenters. The van der Waals surface area contributed by atoms with Gasteiger partial charge in [-0.15, -0.1) is 0 Å². The predicted octanol–water partition coefficient (Wildman–Crippen LogP) is 4.51. The quantitative estimate of drug-likeness (QED) is 0.382. The Balaban J connectivity index is 1.69. The number of benzene rings is 2. The van der Waals surface area contributed by atoms with Crippen LogP contribution in [0.25, 0.3) is 11.0 Å². The van der Waals surface area contributed by atoms with E-state index >= 15 is 0 Å². The highest BCUT2D eigenvalue weighted by atomic mass is 16.5. The summed E-state index contributed by atoms with van der Waals surface area (Å²) < 4.78 is 17.2. The maximum atomic E-state index is 13.6. The average Bonchev–Trinajstić information content (AvgIpc) is 3.15. The number of carbonyl (C=O) groups is 1. The Morgan fingerprint density at radius 3 is 2.65 bits per heavy atom. The van der Waals surface area contributed by atoms with Gasteiger partial charge in [0.15, 0.2) is 16.9 Å². The first-order chi connectivity index (χ1) is 16.6. The van der Waals surface area contributed by atoms with Crippen LogP contribution in [0.15, 0.2) is 88.9 Å². The molecule has 1 aliphatic heterocycles. The molecule has 2 aromatic heterocycles. The lowest BCUT2D eigenvalue weighted by Gasteiger charge is -2.26. The van der Waals surface area contributed by atoms with Crippen LogP contribution in [0.2, 0.25) is 0 Å². The fourth-order valence-corrected chi connectivity index (χ4v) is 4.28. The minimum Gasteiger partial charge on any atom is -0.493 e. The van der Waals surface area contributed by atoms with Crippen LogP contribution in [0, 0.1) is 0 Å². The maximum absolute atomic E-state index is 13.6. The van der Waals surface area contributed by atoms with Crippen LogP contribution in [0.5, 0.6) is 11.5 Å². The van der Waals surface area contributed by atoms with Crippen molar-refractivity contribution in [2.24, 2.45) is 0 Å². The lowest BCUT2D eigenvalue weighted by molar-refractivity contribution is 0.0714. The molecule has 3 heterocycles. The van der Waals surface area contributed by atoms with Gasteiger partial charge in [-0.1, -0.05) is 30.9 Å². The lowest BCUT2D eigenvalue weighted by Crippen LogP contribution is -2.29. The van der Waals surface area contributed by atoms with E-state index in [0.29, 0.717) is 40.2 Å². The van der Waals surface area contributed by atoms with Gasteiger partial charge in [0.2, 0.25) is 5.76 Å². The molecule has 1 aliphatic rings. The summed E-state index contributed by atoms with van der Waals surface area (Å²) in [6, 6.07) is 15.4. The van der Waals surface area contributed by atoms with Gasteiger partial charge >= 0.3 is 0 Å². The number of nitrogens with zero attached hydrogens (tertiary/aromatic N) is 2. The SMILES string of the molecule is C=CCOc1ccc([C@@H]2c3c(oc4ccccc4c3=O)C(=O)N2Cc2ccncc2)cc1OC. The monoisotopic (exact) mass is 454 g/mol. The van der Waals surface area contributed by atoms with Gasteiger partial charge in [-0.3, -0.25) is 14.6 Å². The van der Waals surface area contributed by atoms with E-state index < -0.39 is 6.04 Å². The Kier molecular flexibility index (Phi) is 5.59. The highest BCUT2D eigenvalue weighted by molar-refractivity contribution is 5.99. The lowest BCUT2D eigenvalue weighted by atomic mass is 9.98. The van der Waals surface area contributed by atoms with Crippen LogP contribution in [-0.4, -0.2) is 29.5 Å². The number of ether oxygens (including phenoxy) is 2. The molecule has 1 amide bonds. The Morgan fingerprint density at radius 2 is 1.88 bits per heavy atom. The van der Waals surface area contributed by atoms with Gasteiger partial charge in [-0.05, 0) is 47.5 Å². The molecule has 0 spiro atoms. The Hall–Kier alpha value is -4.39. The van der Waals surface area contributed by atoms with Gasteiger partial charge in [0.05, 0.1) is 24.1 Å². The number of hydrogen-bond donors (Lipinski definition) is 0. The normalized spacial score (nSPS) is 14.8. The molecule has 0 unspecified atom stereocenters. The van der Waals surface area contributed by atoms with Crippen molar-refractivity contribution in [3.63, 3.8) is 0 Å². The van der Waals surface area contributed by atoms with Crippen LogP contribution < -0.4 is 14.9 Å². The molecule has 0 radical (unpaired) electrons. The van der Waals surface area contributed by atoms with Crippen molar-refractivity contribution in [2.45, 2.75) is 12.6 Å². The van der Waals surface area contributed by atoms with Gasteiger partial charge in [0.1, 0.15) is 12.2 Å². The molecule has 0 aliphatic carbocycles. The van der Waals surface area contributed by atoms with Crippen molar-refractivity contribution in [3.05, 3.63) is 112 Å². The predicted molar refractivity (Wildman–Crippen MR) is 127 cm³/mol. The van der Waals surface area contributed by atoms with E-state index in [2.05, 4.69) is 11.6 Å². The second-order valence-electron chi connectivity index (χ2n) is 7.87. The molecule has 0 saturated heterocycles. The second-order valence-corrected chi connectivity index (χ2v) is 7.87. The zero-order valence-electron chi connectivity index (χ0n) is 18.6. The molecule has 0 N–H and O–H groups in total. The molecule has 4 aromatic rings. The summed E-state index contributed by atoms with van der Waals surface area (Å²) in [5, 5.41) is 0.433. The molecular weight excluding hydrogens is 432 g/mol. The third-order valence-electron chi connectivity index (χ3n) is 5.84. The first-order valence-corrected chi connectivity index (χ1v) is 10.8. The first kappa shape index (κ1) is 21.5. The van der Waals surface area contributed by atoms with E-state index in [1.165, 1.54) is 0 Å². The van der Waals surface area contributed by atoms with E-state index in [0.717, 1.165) is 5.56 Å². The van der Waals surface area contributed by atoms with E-state index in [1.807, 2.05) is 18.2 Å². The van der Waals surface area contributed by atoms with Crippen molar-refractivity contribution in [1.82, 2.24) is 9.88 Å². The van der Waals surface area contributed by atoms with E-state index in [1.54, 1.807) is 66.9 Å². The highest BCUT2D eigenvalue weighted by Gasteiger charge is 2.43. The summed E-state index contributed by atoms with van der Waals surface area (Å²) >= 11 is 0. The average molecular weight is 454 g/mol. The molecular formula is C27H22N2O5. The van der Waals surface area contributed by atoms with Crippen LogP contribution in [0.3, 0.4) is 0 Å². The smallest absolute Gasteiger partial charge is 0.291 e. The number of hydrogen-bond acceptors (Lipinski definition) is 6. The zero-order valence-corrected chi connectivity index (χ0v) is 18.6. The zero-order chi connectivity index (χ0) is 23.7. The standard InChI is InChI=1S/C27H22N2O5/c1-3-14-33-21-9-8-18(15-22(21)32-2)24-23-25(30)19-6-4-5-7-20(19)34-26(23)27(31)29(24)16-17-10-12-28-13-11-17/h3-13,15,24H,1,14,16H2,2H3/t24-/m1/s1. The Morgan fingerprint density at radius 1 is 1.09 bits per heavy atom. The van der Waals surface area contributed by atoms with Crippen LogP contribution in [0.1, 0.15) is 33.3 Å². The van der Waals surface area contributed by atoms with Crippen LogP contribution in [0.4, 0.5) is 0 Å². The van der Waals surface area contributed by atoms with E-state index in [-0.39, 0.29) is 23.6 Å². The minimum atomic E-state index is -0.654. The van der Waals surface area contributed by atoms with Crippen molar-refractivity contribution >= 4 is 16.9 Å². The molecule has 34 heavy (non-hydrogen) atoms. The molecule has 7 heteroatoms. The van der Waals surface area contributed by atoms with E-state index in [4.69, 9.17) is 13.9 Å². The van der Waals surface area contributed by atoms with Crippen LogP contribution >= 0.6 is 0 Å². The summed E-state index contributed by atoms with van der Waals surface area (Å²) in [7, 11) is 1.55. The summed E-state index contributed by atoms with van der Waals surface area (Å²) in [6.07, 6.45) is 4.99. The summed E-state index contributed by atoms with van der Waals surface area (Å²) in [5.74, 6) is 0.760. The summed E-state index contributed by atoms with van der Waals surface area (Å²) in [4.78, 5) is 32.8.